The van der Waals surface area contributed by atoms with Crippen molar-refractivity contribution in [3.05, 3.63) is 47.7 Å². The molecule has 4 heteroatoms. The summed E-state index contributed by atoms with van der Waals surface area (Å²) in [5.74, 6) is 0. The van der Waals surface area contributed by atoms with Crippen LogP contribution in [0.3, 0.4) is 0 Å². The first-order valence-corrected chi connectivity index (χ1v) is 8.02. The quantitative estimate of drug-likeness (QED) is 0.838. The van der Waals surface area contributed by atoms with Gasteiger partial charge in [-0.1, -0.05) is 30.3 Å². The molecule has 0 unspecified atom stereocenters. The third kappa shape index (κ3) is 2.05. The predicted molar refractivity (Wildman–Crippen MR) is 82.2 cm³/mol. The topological polar surface area (TPSA) is 38.8 Å². The normalized spacial score (nSPS) is 36.0. The highest BCUT2D eigenvalue weighted by Gasteiger charge is 2.53. The number of cyclic esters (lactones) is 1. The SMILES string of the molecule is C[C@]12CC[C@](c3ccccc3)(CC/C1=C\N1CCOC1=O)O2. The molecule has 3 fully saturated rings. The van der Waals surface area contributed by atoms with E-state index >= 15 is 0 Å². The second-order valence-corrected chi connectivity index (χ2v) is 6.66. The molecular weight excluding hydrogens is 278 g/mol. The van der Waals surface area contributed by atoms with Crippen LogP contribution in [0.1, 0.15) is 38.2 Å². The van der Waals surface area contributed by atoms with Crippen molar-refractivity contribution in [3.63, 3.8) is 0 Å². The Morgan fingerprint density at radius 1 is 1.18 bits per heavy atom. The van der Waals surface area contributed by atoms with Gasteiger partial charge in [0.15, 0.2) is 0 Å². The van der Waals surface area contributed by atoms with Crippen LogP contribution in [0.2, 0.25) is 0 Å². The van der Waals surface area contributed by atoms with Crippen molar-refractivity contribution in [1.82, 2.24) is 4.90 Å². The van der Waals surface area contributed by atoms with Gasteiger partial charge in [-0.05, 0) is 43.7 Å². The summed E-state index contributed by atoms with van der Waals surface area (Å²) in [6.45, 7) is 3.28. The predicted octanol–water partition coefficient (Wildman–Crippen LogP) is 3.58. The molecule has 2 bridgehead atoms. The van der Waals surface area contributed by atoms with Crippen LogP contribution in [0.15, 0.2) is 42.1 Å². The number of carbonyl (C=O) groups excluding carboxylic acids is 1. The number of nitrogens with zero attached hydrogens (tertiary/aromatic N) is 1. The summed E-state index contributed by atoms with van der Waals surface area (Å²) in [7, 11) is 0. The van der Waals surface area contributed by atoms with E-state index in [2.05, 4.69) is 31.2 Å². The monoisotopic (exact) mass is 299 g/mol. The first kappa shape index (κ1) is 13.8. The molecule has 1 amide bonds. The summed E-state index contributed by atoms with van der Waals surface area (Å²) in [6, 6.07) is 10.5. The zero-order valence-corrected chi connectivity index (χ0v) is 12.9. The summed E-state index contributed by atoms with van der Waals surface area (Å²) in [5.41, 5.74) is 2.07. The lowest BCUT2D eigenvalue weighted by atomic mass is 9.85. The van der Waals surface area contributed by atoms with Gasteiger partial charge in [-0.15, -0.1) is 0 Å². The lowest BCUT2D eigenvalue weighted by molar-refractivity contribution is -0.107. The van der Waals surface area contributed by atoms with Gasteiger partial charge in [0.25, 0.3) is 0 Å². The maximum atomic E-state index is 11.7. The number of benzene rings is 1. The number of rotatable bonds is 2. The Hall–Kier alpha value is -1.81. The molecule has 3 aliphatic heterocycles. The van der Waals surface area contributed by atoms with Crippen molar-refractivity contribution in [2.45, 2.75) is 43.8 Å². The van der Waals surface area contributed by atoms with Gasteiger partial charge < -0.3 is 9.47 Å². The molecule has 0 saturated carbocycles. The Labute approximate surface area is 130 Å². The Morgan fingerprint density at radius 2 is 2.00 bits per heavy atom. The van der Waals surface area contributed by atoms with Crippen molar-refractivity contribution in [2.24, 2.45) is 0 Å². The summed E-state index contributed by atoms with van der Waals surface area (Å²) in [4.78, 5) is 13.3. The van der Waals surface area contributed by atoms with Crippen molar-refractivity contribution in [1.29, 1.82) is 0 Å². The van der Waals surface area contributed by atoms with Gasteiger partial charge in [0.2, 0.25) is 0 Å². The van der Waals surface area contributed by atoms with Crippen LogP contribution in [-0.2, 0) is 15.1 Å². The molecule has 3 saturated heterocycles. The van der Waals surface area contributed by atoms with Crippen LogP contribution < -0.4 is 0 Å². The van der Waals surface area contributed by atoms with Crippen molar-refractivity contribution in [3.8, 4) is 0 Å². The second kappa shape index (κ2) is 4.85. The van der Waals surface area contributed by atoms with Gasteiger partial charge >= 0.3 is 6.09 Å². The van der Waals surface area contributed by atoms with Gasteiger partial charge in [-0.25, -0.2) is 4.79 Å². The third-order valence-electron chi connectivity index (χ3n) is 5.31. The number of ether oxygens (including phenoxy) is 2. The molecule has 1 aromatic rings. The summed E-state index contributed by atoms with van der Waals surface area (Å²) in [5, 5.41) is 0. The smallest absolute Gasteiger partial charge is 0.413 e. The molecule has 3 heterocycles. The van der Waals surface area contributed by atoms with E-state index in [1.807, 2.05) is 12.3 Å². The van der Waals surface area contributed by atoms with Crippen LogP contribution >= 0.6 is 0 Å². The average molecular weight is 299 g/mol. The highest BCUT2D eigenvalue weighted by Crippen LogP contribution is 2.55. The molecule has 0 aliphatic carbocycles. The van der Waals surface area contributed by atoms with E-state index in [1.54, 1.807) is 4.90 Å². The minimum atomic E-state index is -0.267. The Kier molecular flexibility index (Phi) is 3.05. The number of fused-ring (bicyclic) bond motifs is 2. The van der Waals surface area contributed by atoms with Gasteiger partial charge in [0.05, 0.1) is 17.7 Å². The molecule has 4 nitrogen and oxygen atoms in total. The largest absolute Gasteiger partial charge is 0.447 e. The molecule has 0 N–H and O–H groups in total. The number of hydrogen-bond donors (Lipinski definition) is 0. The fraction of sp³-hybridized carbons (Fsp3) is 0.500. The molecule has 4 rings (SSSR count). The summed E-state index contributed by atoms with van der Waals surface area (Å²) in [6.07, 6.45) is 5.70. The number of amides is 1. The molecule has 1 aromatic carbocycles. The first-order valence-electron chi connectivity index (χ1n) is 8.02. The summed E-state index contributed by atoms with van der Waals surface area (Å²) >= 11 is 0. The molecule has 0 spiro atoms. The number of carbonyl (C=O) groups is 1. The maximum absolute atomic E-state index is 11.7. The molecule has 0 radical (unpaired) electrons. The van der Waals surface area contributed by atoms with Crippen molar-refractivity contribution in [2.75, 3.05) is 13.2 Å². The lowest BCUT2D eigenvalue weighted by Crippen LogP contribution is -2.39. The highest BCUT2D eigenvalue weighted by atomic mass is 16.6. The molecular formula is C18H21NO3. The Bertz CT molecular complexity index is 626. The molecule has 3 aliphatic rings. The van der Waals surface area contributed by atoms with Crippen molar-refractivity contribution >= 4 is 6.09 Å². The minimum Gasteiger partial charge on any atom is -0.447 e. The fourth-order valence-corrected chi connectivity index (χ4v) is 3.98. The van der Waals surface area contributed by atoms with E-state index in [0.717, 1.165) is 25.7 Å². The zero-order valence-electron chi connectivity index (χ0n) is 12.9. The third-order valence-corrected chi connectivity index (χ3v) is 5.31. The second-order valence-electron chi connectivity index (χ2n) is 6.66. The molecule has 22 heavy (non-hydrogen) atoms. The van der Waals surface area contributed by atoms with Crippen LogP contribution in [0.25, 0.3) is 0 Å². The average Bonchev–Trinajstić information content (AvgIpc) is 3.06. The van der Waals surface area contributed by atoms with Gasteiger partial charge in [-0.2, -0.15) is 0 Å². The molecule has 0 aromatic heterocycles. The first-order chi connectivity index (χ1) is 10.6. The number of hydrogen-bond acceptors (Lipinski definition) is 3. The summed E-state index contributed by atoms with van der Waals surface area (Å²) < 4.78 is 11.6. The molecule has 2 atom stereocenters. The van der Waals surface area contributed by atoms with Crippen LogP contribution in [-0.4, -0.2) is 29.7 Å². The van der Waals surface area contributed by atoms with Gasteiger partial charge in [0, 0.05) is 6.20 Å². The maximum Gasteiger partial charge on any atom is 0.413 e. The highest BCUT2D eigenvalue weighted by molar-refractivity contribution is 5.70. The van der Waals surface area contributed by atoms with Crippen LogP contribution in [0, 0.1) is 0 Å². The van der Waals surface area contributed by atoms with Gasteiger partial charge in [0.1, 0.15) is 6.61 Å². The van der Waals surface area contributed by atoms with Crippen molar-refractivity contribution < 1.29 is 14.3 Å². The van der Waals surface area contributed by atoms with E-state index in [0.29, 0.717) is 13.2 Å². The lowest BCUT2D eigenvalue weighted by Gasteiger charge is -2.41. The van der Waals surface area contributed by atoms with Crippen LogP contribution in [0.4, 0.5) is 4.79 Å². The standard InChI is InChI=1S/C18H21NO3/c1-17-9-10-18(22-17,14-5-3-2-4-6-14)8-7-15(17)13-19-11-12-21-16(19)20/h2-6,13H,7-12H2,1H3/b15-13+/t17-,18-/m0/s1. The van der Waals surface area contributed by atoms with E-state index in [-0.39, 0.29) is 17.3 Å². The fourth-order valence-electron chi connectivity index (χ4n) is 3.98. The van der Waals surface area contributed by atoms with E-state index in [4.69, 9.17) is 9.47 Å². The zero-order chi connectivity index (χ0) is 15.2. The van der Waals surface area contributed by atoms with Gasteiger partial charge in [-0.3, -0.25) is 4.90 Å². The van der Waals surface area contributed by atoms with Crippen LogP contribution in [0.5, 0.6) is 0 Å². The van der Waals surface area contributed by atoms with E-state index < -0.39 is 0 Å². The Morgan fingerprint density at radius 3 is 2.73 bits per heavy atom. The minimum absolute atomic E-state index is 0.154. The molecule has 116 valence electrons. The van der Waals surface area contributed by atoms with E-state index in [9.17, 15) is 4.79 Å². The van der Waals surface area contributed by atoms with E-state index in [1.165, 1.54) is 11.1 Å². The Balaban J connectivity index is 1.62.